The lowest BCUT2D eigenvalue weighted by molar-refractivity contribution is 1.45. The molecule has 0 amide bonds. The molecule has 0 aliphatic heterocycles. The highest BCUT2D eigenvalue weighted by atomic mass is 35.5. The maximum absolute atomic E-state index is 6.11. The molecule has 68 valence electrons. The number of hydrogen-bond donors (Lipinski definition) is 0. The van der Waals surface area contributed by atoms with Gasteiger partial charge in [0.1, 0.15) is 4.83 Å². The molecule has 0 atom stereocenters. The van der Waals surface area contributed by atoms with E-state index in [0.29, 0.717) is 0 Å². The van der Waals surface area contributed by atoms with Gasteiger partial charge in [-0.3, -0.25) is 0 Å². The Kier molecular flexibility index (Phi) is 1.72. The van der Waals surface area contributed by atoms with Gasteiger partial charge < -0.3 is 0 Å². The van der Waals surface area contributed by atoms with E-state index in [0.717, 1.165) is 14.6 Å². The molecule has 0 saturated carbocycles. The molecule has 0 bridgehead atoms. The first-order valence-corrected chi connectivity index (χ1v) is 5.47. The second-order valence-electron chi connectivity index (χ2n) is 3.07. The fourth-order valence-corrected chi connectivity index (χ4v) is 2.94. The molecule has 2 heterocycles. The van der Waals surface area contributed by atoms with E-state index in [-0.39, 0.29) is 0 Å². The Hall–Kier alpha value is -1.12. The Morgan fingerprint density at radius 2 is 1.93 bits per heavy atom. The second kappa shape index (κ2) is 2.94. The van der Waals surface area contributed by atoms with Crippen LogP contribution in [0.25, 0.3) is 20.3 Å². The monoisotopic (exact) mass is 219 g/mol. The largest absolute Gasteiger partial charge is 0.245 e. The van der Waals surface area contributed by atoms with Crippen molar-refractivity contribution in [2.24, 2.45) is 0 Å². The van der Waals surface area contributed by atoms with E-state index in [4.69, 9.17) is 11.6 Å². The summed E-state index contributed by atoms with van der Waals surface area (Å²) in [5.74, 6) is 0. The van der Waals surface area contributed by atoms with Crippen molar-refractivity contribution in [2.45, 2.75) is 0 Å². The van der Waals surface area contributed by atoms with Crippen molar-refractivity contribution in [2.75, 3.05) is 0 Å². The van der Waals surface area contributed by atoms with Crippen LogP contribution in [-0.2, 0) is 0 Å². The van der Waals surface area contributed by atoms with E-state index in [2.05, 4.69) is 17.1 Å². The van der Waals surface area contributed by atoms with Gasteiger partial charge in [0.15, 0.2) is 0 Å². The van der Waals surface area contributed by atoms with Crippen LogP contribution in [0, 0.1) is 0 Å². The SMILES string of the molecule is Clc1cccc2c1sc1ncccc12. The van der Waals surface area contributed by atoms with Crippen molar-refractivity contribution < 1.29 is 0 Å². The average molecular weight is 220 g/mol. The number of benzene rings is 1. The minimum Gasteiger partial charge on any atom is -0.245 e. The number of pyridine rings is 1. The predicted octanol–water partition coefficient (Wildman–Crippen LogP) is 4.10. The number of halogens is 1. The molecule has 0 saturated heterocycles. The van der Waals surface area contributed by atoms with Crippen LogP contribution in [0.15, 0.2) is 36.5 Å². The first-order valence-electron chi connectivity index (χ1n) is 4.28. The molecule has 0 aliphatic rings. The van der Waals surface area contributed by atoms with Gasteiger partial charge in [0.25, 0.3) is 0 Å². The van der Waals surface area contributed by atoms with Gasteiger partial charge >= 0.3 is 0 Å². The molecule has 3 aromatic rings. The predicted molar refractivity (Wildman–Crippen MR) is 62.1 cm³/mol. The zero-order valence-corrected chi connectivity index (χ0v) is 8.77. The van der Waals surface area contributed by atoms with Gasteiger partial charge in [-0.15, -0.1) is 11.3 Å². The Bertz CT molecular complexity index is 615. The van der Waals surface area contributed by atoms with Crippen LogP contribution in [-0.4, -0.2) is 4.98 Å². The van der Waals surface area contributed by atoms with E-state index >= 15 is 0 Å². The molecule has 3 rings (SSSR count). The molecular weight excluding hydrogens is 214 g/mol. The first kappa shape index (κ1) is 8.21. The van der Waals surface area contributed by atoms with Crippen LogP contribution < -0.4 is 0 Å². The Morgan fingerprint density at radius 1 is 1.07 bits per heavy atom. The van der Waals surface area contributed by atoms with Crippen LogP contribution in [0.3, 0.4) is 0 Å². The number of rotatable bonds is 0. The summed E-state index contributed by atoms with van der Waals surface area (Å²) in [7, 11) is 0. The highest BCUT2D eigenvalue weighted by molar-refractivity contribution is 7.26. The minimum absolute atomic E-state index is 0.811. The van der Waals surface area contributed by atoms with Gasteiger partial charge in [0.2, 0.25) is 0 Å². The summed E-state index contributed by atoms with van der Waals surface area (Å²) < 4.78 is 1.13. The fraction of sp³-hybridized carbons (Fsp3) is 0. The molecule has 0 fully saturated rings. The second-order valence-corrected chi connectivity index (χ2v) is 4.48. The molecule has 1 aromatic carbocycles. The molecule has 0 radical (unpaired) electrons. The maximum Gasteiger partial charge on any atom is 0.124 e. The lowest BCUT2D eigenvalue weighted by atomic mass is 10.2. The summed E-state index contributed by atoms with van der Waals surface area (Å²) in [6.07, 6.45) is 1.81. The van der Waals surface area contributed by atoms with Gasteiger partial charge in [-0.2, -0.15) is 0 Å². The molecule has 0 N–H and O–H groups in total. The van der Waals surface area contributed by atoms with Gasteiger partial charge in [-0.05, 0) is 18.2 Å². The number of fused-ring (bicyclic) bond motifs is 3. The Morgan fingerprint density at radius 3 is 2.86 bits per heavy atom. The van der Waals surface area contributed by atoms with Crippen molar-refractivity contribution in [3.63, 3.8) is 0 Å². The molecule has 0 spiro atoms. The van der Waals surface area contributed by atoms with Crippen molar-refractivity contribution in [3.05, 3.63) is 41.6 Å². The average Bonchev–Trinajstić information content (AvgIpc) is 2.59. The van der Waals surface area contributed by atoms with Gasteiger partial charge in [-0.1, -0.05) is 23.7 Å². The summed E-state index contributed by atoms with van der Waals surface area (Å²) in [6, 6.07) is 10.0. The van der Waals surface area contributed by atoms with E-state index in [1.807, 2.05) is 24.4 Å². The first-order chi connectivity index (χ1) is 6.86. The summed E-state index contributed by atoms with van der Waals surface area (Å²) >= 11 is 7.76. The molecule has 1 nitrogen and oxygen atoms in total. The van der Waals surface area contributed by atoms with E-state index in [9.17, 15) is 0 Å². The van der Waals surface area contributed by atoms with Gasteiger partial charge in [-0.25, -0.2) is 4.98 Å². The van der Waals surface area contributed by atoms with E-state index < -0.39 is 0 Å². The Labute approximate surface area is 90.0 Å². The number of nitrogens with zero attached hydrogens (tertiary/aromatic N) is 1. The van der Waals surface area contributed by atoms with Gasteiger partial charge in [0.05, 0.1) is 9.72 Å². The quantitative estimate of drug-likeness (QED) is 0.555. The van der Waals surface area contributed by atoms with Crippen molar-refractivity contribution in [3.8, 4) is 0 Å². The topological polar surface area (TPSA) is 12.9 Å². The molecule has 14 heavy (non-hydrogen) atoms. The number of hydrogen-bond acceptors (Lipinski definition) is 2. The standard InChI is InChI=1S/C11H6ClNS/c12-9-5-1-3-7-8-4-2-6-13-11(8)14-10(7)9/h1-6H. The molecule has 0 aliphatic carbocycles. The zero-order valence-electron chi connectivity index (χ0n) is 7.20. The number of thiophene rings is 1. The smallest absolute Gasteiger partial charge is 0.124 e. The van der Waals surface area contributed by atoms with Crippen LogP contribution in [0.2, 0.25) is 5.02 Å². The summed E-state index contributed by atoms with van der Waals surface area (Å²) in [5.41, 5.74) is 0. The van der Waals surface area contributed by atoms with Crippen molar-refractivity contribution in [1.82, 2.24) is 4.98 Å². The van der Waals surface area contributed by atoms with Crippen molar-refractivity contribution in [1.29, 1.82) is 0 Å². The number of aromatic nitrogens is 1. The zero-order chi connectivity index (χ0) is 9.54. The van der Waals surface area contributed by atoms with Gasteiger partial charge in [0, 0.05) is 17.0 Å². The lowest BCUT2D eigenvalue weighted by Crippen LogP contribution is -1.68. The Balaban J connectivity index is 2.63. The minimum atomic E-state index is 0.811. The van der Waals surface area contributed by atoms with E-state index in [1.165, 1.54) is 10.8 Å². The summed E-state index contributed by atoms with van der Waals surface area (Å²) in [5, 5.41) is 3.20. The maximum atomic E-state index is 6.11. The molecule has 3 heteroatoms. The third kappa shape index (κ3) is 1.04. The van der Waals surface area contributed by atoms with Crippen molar-refractivity contribution >= 4 is 43.2 Å². The lowest BCUT2D eigenvalue weighted by Gasteiger charge is -1.91. The highest BCUT2D eigenvalue weighted by Crippen LogP contribution is 2.36. The third-order valence-electron chi connectivity index (χ3n) is 2.23. The van der Waals surface area contributed by atoms with Crippen LogP contribution >= 0.6 is 22.9 Å². The van der Waals surface area contributed by atoms with Crippen LogP contribution in [0.5, 0.6) is 0 Å². The van der Waals surface area contributed by atoms with E-state index in [1.54, 1.807) is 11.3 Å². The molecule has 2 aromatic heterocycles. The van der Waals surface area contributed by atoms with Crippen LogP contribution in [0.1, 0.15) is 0 Å². The fourth-order valence-electron chi connectivity index (χ4n) is 1.60. The molecule has 0 unspecified atom stereocenters. The third-order valence-corrected chi connectivity index (χ3v) is 3.82. The summed E-state index contributed by atoms with van der Waals surface area (Å²) in [6.45, 7) is 0. The summed E-state index contributed by atoms with van der Waals surface area (Å²) in [4.78, 5) is 5.37. The van der Waals surface area contributed by atoms with Crippen LogP contribution in [0.4, 0.5) is 0 Å². The normalized spacial score (nSPS) is 11.2. The molecular formula is C11H6ClNS. The highest BCUT2D eigenvalue weighted by Gasteiger charge is 2.06.